The van der Waals surface area contributed by atoms with Gasteiger partial charge in [-0.05, 0) is 19.3 Å². The molecule has 1 unspecified atom stereocenters. The van der Waals surface area contributed by atoms with Gasteiger partial charge in [0.2, 0.25) is 0 Å². The van der Waals surface area contributed by atoms with Crippen LogP contribution in [0.15, 0.2) is 15.5 Å². The fraction of sp³-hybridized carbons (Fsp3) is 0.667. The number of rotatable bonds is 1. The van der Waals surface area contributed by atoms with Gasteiger partial charge in [-0.2, -0.15) is 0 Å². The van der Waals surface area contributed by atoms with Crippen molar-refractivity contribution < 1.29 is 0 Å². The third-order valence-corrected chi connectivity index (χ3v) is 3.80. The summed E-state index contributed by atoms with van der Waals surface area (Å²) < 4.78 is 0. The van der Waals surface area contributed by atoms with Crippen molar-refractivity contribution in [1.82, 2.24) is 0 Å². The number of hydrogen-bond donors (Lipinski definition) is 0. The van der Waals surface area contributed by atoms with Crippen LogP contribution >= 0.6 is 11.8 Å². The molecular weight excluding hydrogens is 154 g/mol. The number of hydrogen-bond acceptors (Lipinski definition) is 2. The second-order valence-corrected chi connectivity index (χ2v) is 4.45. The third-order valence-electron chi connectivity index (χ3n) is 2.32. The Labute approximate surface area is 72.0 Å². The summed E-state index contributed by atoms with van der Waals surface area (Å²) in [4.78, 5) is 5.76. The first kappa shape index (κ1) is 7.41. The Balaban J connectivity index is 2.10. The Hall–Kier alpha value is -0.240. The molecule has 0 bridgehead atoms. The molecule has 0 fully saturated rings. The lowest BCUT2D eigenvalue weighted by Gasteiger charge is -2.04. The lowest BCUT2D eigenvalue weighted by molar-refractivity contribution is 0.783. The number of nitrogens with zero attached hydrogens (tertiary/aromatic N) is 1. The molecule has 60 valence electrons. The van der Waals surface area contributed by atoms with Crippen LogP contribution in [0.1, 0.15) is 26.2 Å². The first-order chi connectivity index (χ1) is 5.40. The average Bonchev–Trinajstić information content (AvgIpc) is 2.46. The minimum absolute atomic E-state index is 0.851. The standard InChI is InChI=1S/C9H13NS/c1-2-8-5-7-3-4-10-6-9(7)11-8/h6,8H,2-5H2,1H3. The van der Waals surface area contributed by atoms with Crippen molar-refractivity contribution in [2.75, 3.05) is 6.54 Å². The smallest absolute Gasteiger partial charge is 0.0427 e. The van der Waals surface area contributed by atoms with E-state index < -0.39 is 0 Å². The molecule has 1 nitrogen and oxygen atoms in total. The summed E-state index contributed by atoms with van der Waals surface area (Å²) in [6, 6.07) is 0. The molecule has 0 saturated carbocycles. The zero-order valence-corrected chi connectivity index (χ0v) is 7.66. The van der Waals surface area contributed by atoms with Crippen LogP contribution in [-0.2, 0) is 0 Å². The first-order valence-corrected chi connectivity index (χ1v) is 5.16. The van der Waals surface area contributed by atoms with Crippen molar-refractivity contribution >= 4 is 18.0 Å². The lowest BCUT2D eigenvalue weighted by atomic mass is 10.0. The molecule has 11 heavy (non-hydrogen) atoms. The van der Waals surface area contributed by atoms with Crippen LogP contribution in [0.2, 0.25) is 0 Å². The Morgan fingerprint density at radius 3 is 3.36 bits per heavy atom. The fourth-order valence-corrected chi connectivity index (χ4v) is 2.90. The van der Waals surface area contributed by atoms with Crippen LogP contribution in [0.5, 0.6) is 0 Å². The lowest BCUT2D eigenvalue weighted by Crippen LogP contribution is -1.97. The molecule has 2 heterocycles. The maximum Gasteiger partial charge on any atom is 0.0427 e. The predicted octanol–water partition coefficient (Wildman–Crippen LogP) is 2.63. The molecule has 2 heteroatoms. The van der Waals surface area contributed by atoms with Gasteiger partial charge in [-0.1, -0.05) is 12.5 Å². The highest BCUT2D eigenvalue weighted by atomic mass is 32.2. The van der Waals surface area contributed by atoms with E-state index in [1.165, 1.54) is 24.2 Å². The summed E-state index contributed by atoms with van der Waals surface area (Å²) in [6.07, 6.45) is 5.91. The van der Waals surface area contributed by atoms with Crippen LogP contribution in [0, 0.1) is 0 Å². The molecular formula is C9H13NS. The Morgan fingerprint density at radius 2 is 2.64 bits per heavy atom. The monoisotopic (exact) mass is 167 g/mol. The highest BCUT2D eigenvalue weighted by Crippen LogP contribution is 2.40. The molecule has 1 atom stereocenters. The SMILES string of the molecule is CCC1CC2=C(C=NCC2)S1. The minimum Gasteiger partial charge on any atom is -0.292 e. The second-order valence-electron chi connectivity index (χ2n) is 3.11. The summed E-state index contributed by atoms with van der Waals surface area (Å²) >= 11 is 2.02. The molecule has 0 saturated heterocycles. The Kier molecular flexibility index (Phi) is 2.03. The van der Waals surface area contributed by atoms with Crippen LogP contribution in [0.4, 0.5) is 0 Å². The van der Waals surface area contributed by atoms with E-state index in [1.807, 2.05) is 11.8 Å². The zero-order chi connectivity index (χ0) is 7.68. The van der Waals surface area contributed by atoms with Gasteiger partial charge in [-0.3, -0.25) is 4.99 Å². The molecule has 2 rings (SSSR count). The molecule has 0 aliphatic carbocycles. The number of allylic oxidation sites excluding steroid dienone is 1. The molecule has 0 aromatic carbocycles. The Morgan fingerprint density at radius 1 is 1.73 bits per heavy atom. The summed E-state index contributed by atoms with van der Waals surface area (Å²) in [7, 11) is 0. The van der Waals surface area contributed by atoms with E-state index in [0.29, 0.717) is 0 Å². The molecule has 2 aliphatic heterocycles. The maximum absolute atomic E-state index is 4.28. The molecule has 0 aromatic heterocycles. The van der Waals surface area contributed by atoms with Crippen molar-refractivity contribution in [3.8, 4) is 0 Å². The molecule has 2 aliphatic rings. The summed E-state index contributed by atoms with van der Waals surface area (Å²) in [5, 5.41) is 0.851. The van der Waals surface area contributed by atoms with E-state index in [1.54, 1.807) is 5.57 Å². The van der Waals surface area contributed by atoms with Gasteiger partial charge in [0.25, 0.3) is 0 Å². The highest BCUT2D eigenvalue weighted by molar-refractivity contribution is 8.04. The highest BCUT2D eigenvalue weighted by Gasteiger charge is 2.23. The number of thioether (sulfide) groups is 1. The third kappa shape index (κ3) is 1.36. The van der Waals surface area contributed by atoms with Crippen molar-refractivity contribution in [3.05, 3.63) is 10.5 Å². The zero-order valence-electron chi connectivity index (χ0n) is 6.84. The Bertz CT molecular complexity index is 218. The van der Waals surface area contributed by atoms with Crippen molar-refractivity contribution in [3.63, 3.8) is 0 Å². The van der Waals surface area contributed by atoms with Crippen molar-refractivity contribution in [1.29, 1.82) is 0 Å². The van der Waals surface area contributed by atoms with Gasteiger partial charge in [0.15, 0.2) is 0 Å². The topological polar surface area (TPSA) is 12.4 Å². The molecule has 0 amide bonds. The average molecular weight is 167 g/mol. The van der Waals surface area contributed by atoms with E-state index in [0.717, 1.165) is 11.8 Å². The predicted molar refractivity (Wildman–Crippen MR) is 51.3 cm³/mol. The number of dihydropyridines is 1. The van der Waals surface area contributed by atoms with E-state index >= 15 is 0 Å². The summed E-state index contributed by atoms with van der Waals surface area (Å²) in [5.41, 5.74) is 1.66. The van der Waals surface area contributed by atoms with Crippen LogP contribution < -0.4 is 0 Å². The fourth-order valence-electron chi connectivity index (χ4n) is 1.60. The maximum atomic E-state index is 4.28. The van der Waals surface area contributed by atoms with Gasteiger partial charge < -0.3 is 0 Å². The van der Waals surface area contributed by atoms with Gasteiger partial charge in [-0.15, -0.1) is 11.8 Å². The molecule has 0 spiro atoms. The number of aliphatic imine (C=N–C) groups is 1. The minimum atomic E-state index is 0.851. The van der Waals surface area contributed by atoms with E-state index in [2.05, 4.69) is 18.1 Å². The quantitative estimate of drug-likeness (QED) is 0.585. The van der Waals surface area contributed by atoms with E-state index in [-0.39, 0.29) is 0 Å². The molecule has 0 N–H and O–H groups in total. The second kappa shape index (κ2) is 3.02. The van der Waals surface area contributed by atoms with Gasteiger partial charge in [0.1, 0.15) is 0 Å². The van der Waals surface area contributed by atoms with Gasteiger partial charge in [0, 0.05) is 22.9 Å². The van der Waals surface area contributed by atoms with Gasteiger partial charge in [0.05, 0.1) is 0 Å². The van der Waals surface area contributed by atoms with Crippen molar-refractivity contribution in [2.45, 2.75) is 31.4 Å². The summed E-state index contributed by atoms with van der Waals surface area (Å²) in [5.74, 6) is 0. The summed E-state index contributed by atoms with van der Waals surface area (Å²) in [6.45, 7) is 3.29. The van der Waals surface area contributed by atoms with Crippen LogP contribution in [0.3, 0.4) is 0 Å². The van der Waals surface area contributed by atoms with Gasteiger partial charge in [-0.25, -0.2) is 0 Å². The normalized spacial score (nSPS) is 29.4. The van der Waals surface area contributed by atoms with Crippen LogP contribution in [-0.4, -0.2) is 18.0 Å². The molecule has 0 radical (unpaired) electrons. The largest absolute Gasteiger partial charge is 0.292 e. The first-order valence-electron chi connectivity index (χ1n) is 4.28. The van der Waals surface area contributed by atoms with Crippen molar-refractivity contribution in [2.24, 2.45) is 4.99 Å². The van der Waals surface area contributed by atoms with E-state index in [9.17, 15) is 0 Å². The van der Waals surface area contributed by atoms with E-state index in [4.69, 9.17) is 0 Å². The van der Waals surface area contributed by atoms with Gasteiger partial charge >= 0.3 is 0 Å². The molecule has 0 aromatic rings. The van der Waals surface area contributed by atoms with Crippen LogP contribution in [0.25, 0.3) is 0 Å².